The number of aromatic nitrogens is 2. The van der Waals surface area contributed by atoms with E-state index in [9.17, 15) is 14.9 Å². The van der Waals surface area contributed by atoms with Crippen LogP contribution < -0.4 is 5.32 Å². The highest BCUT2D eigenvalue weighted by Crippen LogP contribution is 2.23. The molecule has 0 saturated heterocycles. The van der Waals surface area contributed by atoms with Gasteiger partial charge in [-0.25, -0.2) is 9.97 Å². The van der Waals surface area contributed by atoms with Crippen molar-refractivity contribution >= 4 is 40.6 Å². The number of nitro groups is 1. The zero-order chi connectivity index (χ0) is 14.7. The van der Waals surface area contributed by atoms with Crippen molar-refractivity contribution in [3.8, 4) is 0 Å². The van der Waals surface area contributed by atoms with E-state index in [2.05, 4.69) is 15.3 Å². The molecule has 0 unspecified atom stereocenters. The number of halogens is 2. The van der Waals surface area contributed by atoms with E-state index < -0.39 is 10.8 Å². The van der Waals surface area contributed by atoms with Crippen molar-refractivity contribution in [1.82, 2.24) is 9.97 Å². The maximum absolute atomic E-state index is 12.0. The average molecular weight is 313 g/mol. The second kappa shape index (κ2) is 5.81. The standard InChI is InChI=1S/C11H6Cl2N4O3/c12-8-5-6(17(19)20)1-2-7(8)10(18)15-9-3-4-14-11(13)16-9/h1-5H,(H,14,15,16,18). The highest BCUT2D eigenvalue weighted by atomic mass is 35.5. The van der Waals surface area contributed by atoms with Crippen LogP contribution in [0.25, 0.3) is 0 Å². The molecule has 102 valence electrons. The van der Waals surface area contributed by atoms with Gasteiger partial charge in [0.25, 0.3) is 11.6 Å². The number of benzene rings is 1. The Balaban J connectivity index is 2.23. The molecule has 1 aromatic carbocycles. The van der Waals surface area contributed by atoms with Crippen molar-refractivity contribution in [2.24, 2.45) is 0 Å². The Hall–Kier alpha value is -2.25. The second-order valence-corrected chi connectivity index (χ2v) is 4.33. The highest BCUT2D eigenvalue weighted by molar-refractivity contribution is 6.34. The summed E-state index contributed by atoms with van der Waals surface area (Å²) in [6.45, 7) is 0. The first-order valence-electron chi connectivity index (χ1n) is 5.21. The van der Waals surface area contributed by atoms with Gasteiger partial charge in [0, 0.05) is 18.3 Å². The van der Waals surface area contributed by atoms with Crippen molar-refractivity contribution in [2.45, 2.75) is 0 Å². The summed E-state index contributed by atoms with van der Waals surface area (Å²) in [7, 11) is 0. The van der Waals surface area contributed by atoms with Crippen LogP contribution in [0.1, 0.15) is 10.4 Å². The molecular weight excluding hydrogens is 307 g/mol. The van der Waals surface area contributed by atoms with Gasteiger partial charge >= 0.3 is 0 Å². The molecule has 0 aliphatic carbocycles. The van der Waals surface area contributed by atoms with Gasteiger partial charge in [0.1, 0.15) is 5.82 Å². The molecule has 1 N–H and O–H groups in total. The Morgan fingerprint density at radius 1 is 1.30 bits per heavy atom. The van der Waals surface area contributed by atoms with Crippen LogP contribution in [-0.2, 0) is 0 Å². The van der Waals surface area contributed by atoms with Crippen molar-refractivity contribution in [3.63, 3.8) is 0 Å². The molecule has 0 saturated carbocycles. The van der Waals surface area contributed by atoms with Crippen molar-refractivity contribution in [1.29, 1.82) is 0 Å². The number of nitrogens with one attached hydrogen (secondary N) is 1. The predicted octanol–water partition coefficient (Wildman–Crippen LogP) is 2.94. The zero-order valence-corrected chi connectivity index (χ0v) is 11.2. The van der Waals surface area contributed by atoms with Gasteiger partial charge in [0.2, 0.25) is 5.28 Å². The minimum Gasteiger partial charge on any atom is -0.306 e. The molecule has 0 aliphatic rings. The molecule has 1 aromatic heterocycles. The van der Waals surface area contributed by atoms with Gasteiger partial charge in [-0.05, 0) is 23.7 Å². The van der Waals surface area contributed by atoms with E-state index in [1.807, 2.05) is 0 Å². The van der Waals surface area contributed by atoms with Gasteiger partial charge in [-0.3, -0.25) is 14.9 Å². The summed E-state index contributed by atoms with van der Waals surface area (Å²) in [5.74, 6) is -0.357. The SMILES string of the molecule is O=C(Nc1ccnc(Cl)n1)c1ccc([N+](=O)[O-])cc1Cl. The van der Waals surface area contributed by atoms with Crippen LogP contribution in [0.2, 0.25) is 10.3 Å². The molecule has 0 atom stereocenters. The maximum atomic E-state index is 12.0. The van der Waals surface area contributed by atoms with Crippen LogP contribution in [0.5, 0.6) is 0 Å². The first kappa shape index (κ1) is 14.2. The van der Waals surface area contributed by atoms with Gasteiger partial charge in [-0.1, -0.05) is 11.6 Å². The summed E-state index contributed by atoms with van der Waals surface area (Å²) < 4.78 is 0. The lowest BCUT2D eigenvalue weighted by Gasteiger charge is -2.05. The van der Waals surface area contributed by atoms with E-state index in [0.717, 1.165) is 6.07 Å². The summed E-state index contributed by atoms with van der Waals surface area (Å²) >= 11 is 11.4. The fraction of sp³-hybridized carbons (Fsp3) is 0. The molecule has 0 aliphatic heterocycles. The summed E-state index contributed by atoms with van der Waals surface area (Å²) in [6.07, 6.45) is 1.38. The van der Waals surface area contributed by atoms with Gasteiger partial charge < -0.3 is 5.32 Å². The summed E-state index contributed by atoms with van der Waals surface area (Å²) in [6, 6.07) is 5.00. The van der Waals surface area contributed by atoms with E-state index in [1.54, 1.807) is 0 Å². The Morgan fingerprint density at radius 3 is 2.65 bits per heavy atom. The van der Waals surface area contributed by atoms with E-state index in [4.69, 9.17) is 23.2 Å². The summed E-state index contributed by atoms with van der Waals surface area (Å²) in [5.41, 5.74) is -0.108. The topological polar surface area (TPSA) is 98.0 Å². The lowest BCUT2D eigenvalue weighted by Crippen LogP contribution is -2.13. The molecule has 20 heavy (non-hydrogen) atoms. The number of carbonyl (C=O) groups excluding carboxylic acids is 1. The smallest absolute Gasteiger partial charge is 0.270 e. The molecule has 0 bridgehead atoms. The number of anilines is 1. The Morgan fingerprint density at radius 2 is 2.05 bits per heavy atom. The van der Waals surface area contributed by atoms with Gasteiger partial charge in [-0.15, -0.1) is 0 Å². The quantitative estimate of drug-likeness (QED) is 0.533. The minimum atomic E-state index is -0.599. The molecule has 2 rings (SSSR count). The van der Waals surface area contributed by atoms with Gasteiger partial charge in [0.05, 0.1) is 15.5 Å². The number of amides is 1. The van der Waals surface area contributed by atoms with Gasteiger partial charge in [0.15, 0.2) is 0 Å². The first-order valence-corrected chi connectivity index (χ1v) is 5.97. The fourth-order valence-electron chi connectivity index (χ4n) is 1.39. The third-order valence-corrected chi connectivity index (χ3v) is 2.77. The highest BCUT2D eigenvalue weighted by Gasteiger charge is 2.15. The van der Waals surface area contributed by atoms with E-state index in [-0.39, 0.29) is 27.4 Å². The normalized spacial score (nSPS) is 10.1. The fourth-order valence-corrected chi connectivity index (χ4v) is 1.80. The van der Waals surface area contributed by atoms with Crippen LogP contribution in [0, 0.1) is 10.1 Å². The predicted molar refractivity (Wildman–Crippen MR) is 73.1 cm³/mol. The van der Waals surface area contributed by atoms with Crippen molar-refractivity contribution in [3.05, 3.63) is 56.4 Å². The van der Waals surface area contributed by atoms with E-state index >= 15 is 0 Å². The Kier molecular flexibility index (Phi) is 4.11. The maximum Gasteiger partial charge on any atom is 0.270 e. The number of hydrogen-bond acceptors (Lipinski definition) is 5. The third-order valence-electron chi connectivity index (χ3n) is 2.28. The number of nitrogens with zero attached hydrogens (tertiary/aromatic N) is 3. The molecule has 0 fully saturated rings. The molecule has 7 nitrogen and oxygen atoms in total. The molecule has 9 heteroatoms. The number of carbonyl (C=O) groups is 1. The van der Waals surface area contributed by atoms with E-state index in [1.165, 1.54) is 24.4 Å². The molecule has 1 heterocycles. The summed E-state index contributed by atoms with van der Waals surface area (Å²) in [4.78, 5) is 29.4. The molecule has 1 amide bonds. The minimum absolute atomic E-state index is 0.0161. The van der Waals surface area contributed by atoms with Crippen LogP contribution in [0.3, 0.4) is 0 Å². The monoisotopic (exact) mass is 312 g/mol. The van der Waals surface area contributed by atoms with Gasteiger partial charge in [-0.2, -0.15) is 0 Å². The first-order chi connectivity index (χ1) is 9.47. The molecular formula is C11H6Cl2N4O3. The zero-order valence-electron chi connectivity index (χ0n) is 9.71. The second-order valence-electron chi connectivity index (χ2n) is 3.59. The number of nitro benzene ring substituents is 1. The van der Waals surface area contributed by atoms with Crippen LogP contribution in [-0.4, -0.2) is 20.8 Å². The van der Waals surface area contributed by atoms with Crippen molar-refractivity contribution in [2.75, 3.05) is 5.32 Å². The largest absolute Gasteiger partial charge is 0.306 e. The molecule has 0 radical (unpaired) electrons. The lowest BCUT2D eigenvalue weighted by atomic mass is 10.2. The van der Waals surface area contributed by atoms with Crippen molar-refractivity contribution < 1.29 is 9.72 Å². The number of non-ortho nitro benzene ring substituents is 1. The van der Waals surface area contributed by atoms with E-state index in [0.29, 0.717) is 0 Å². The van der Waals surface area contributed by atoms with Crippen LogP contribution in [0.15, 0.2) is 30.5 Å². The Bertz CT molecular complexity index is 693. The number of hydrogen-bond donors (Lipinski definition) is 1. The third kappa shape index (κ3) is 3.19. The van der Waals surface area contributed by atoms with Crippen LogP contribution >= 0.6 is 23.2 Å². The average Bonchev–Trinajstić information content (AvgIpc) is 2.38. The Labute approximate surface area is 122 Å². The van der Waals surface area contributed by atoms with Crippen LogP contribution in [0.4, 0.5) is 11.5 Å². The lowest BCUT2D eigenvalue weighted by molar-refractivity contribution is -0.384. The summed E-state index contributed by atoms with van der Waals surface area (Å²) in [5, 5.41) is 13.0. The molecule has 0 spiro atoms. The number of rotatable bonds is 3. The molecule has 2 aromatic rings.